The highest BCUT2D eigenvalue weighted by atomic mass is 32.2. The van der Waals surface area contributed by atoms with Crippen LogP contribution in [0.5, 0.6) is 0 Å². The van der Waals surface area contributed by atoms with Gasteiger partial charge in [0.25, 0.3) is 0 Å². The Labute approximate surface area is 280 Å². The van der Waals surface area contributed by atoms with Crippen LogP contribution in [0.2, 0.25) is 0 Å². The van der Waals surface area contributed by atoms with E-state index < -0.39 is 0 Å². The van der Waals surface area contributed by atoms with Gasteiger partial charge >= 0.3 is 0 Å². The van der Waals surface area contributed by atoms with Gasteiger partial charge in [-0.3, -0.25) is 10.7 Å². The first-order valence-electron chi connectivity index (χ1n) is 15.8. The number of rotatable bonds is 8. The second kappa shape index (κ2) is 14.0. The molecule has 0 saturated carbocycles. The summed E-state index contributed by atoms with van der Waals surface area (Å²) in [6.45, 7) is 0. The lowest BCUT2D eigenvalue weighted by molar-refractivity contribution is -0.575. The van der Waals surface area contributed by atoms with Gasteiger partial charge in [0.15, 0.2) is 5.37 Å². The van der Waals surface area contributed by atoms with Crippen molar-refractivity contribution >= 4 is 28.3 Å². The highest BCUT2D eigenvalue weighted by Gasteiger charge is 2.28. The van der Waals surface area contributed by atoms with Gasteiger partial charge in [-0.15, -0.1) is 0 Å². The lowest BCUT2D eigenvalue weighted by Crippen LogP contribution is -2.89. The number of aliphatic imine (C=N–C) groups is 1. The van der Waals surface area contributed by atoms with Gasteiger partial charge in [0.05, 0.1) is 11.3 Å². The average molecular weight is 629 g/mol. The minimum atomic E-state index is -0.104. The number of hydrogen-bond donors (Lipinski definition) is 3. The molecule has 0 bridgehead atoms. The summed E-state index contributed by atoms with van der Waals surface area (Å²) in [4.78, 5) is 5.32. The second-order valence-corrected chi connectivity index (χ2v) is 12.7. The van der Waals surface area contributed by atoms with Crippen molar-refractivity contribution in [3.05, 3.63) is 198 Å². The van der Waals surface area contributed by atoms with E-state index in [4.69, 9.17) is 10.4 Å². The Morgan fingerprint density at radius 1 is 0.596 bits per heavy atom. The highest BCUT2D eigenvalue weighted by molar-refractivity contribution is 8.14. The molecule has 4 nitrogen and oxygen atoms in total. The predicted octanol–water partition coefficient (Wildman–Crippen LogP) is 8.13. The van der Waals surface area contributed by atoms with Crippen LogP contribution in [0.15, 0.2) is 175 Å². The molecule has 47 heavy (non-hydrogen) atoms. The highest BCUT2D eigenvalue weighted by Crippen LogP contribution is 2.33. The number of benzene rings is 6. The molecule has 0 spiro atoms. The second-order valence-electron chi connectivity index (χ2n) is 11.5. The topological polar surface area (TPSA) is 80.5 Å². The Balaban J connectivity index is 1.27. The van der Waals surface area contributed by atoms with Crippen LogP contribution in [0.3, 0.4) is 0 Å². The number of hydrogen-bond acceptors (Lipinski definition) is 3. The fourth-order valence-electron chi connectivity index (χ4n) is 6.06. The molecule has 0 aliphatic carbocycles. The standard InChI is InChI=1S/C42H34N4S/c43-40(32-18-8-3-9-19-32)47-41(44)33-26-24-31(25-27-33)38-28-39(36-22-12-10-20-34(36)29-14-4-1-5-15-29)46-42(45-38)37-23-13-11-21-35(37)30-16-6-2-7-17-30/h1-28,39,41,43H,44H2,(H,45,46)/p+2. The summed E-state index contributed by atoms with van der Waals surface area (Å²) in [5, 5.41) is 11.3. The normalized spacial score (nSPS) is 15.0. The van der Waals surface area contributed by atoms with Crippen molar-refractivity contribution in [1.82, 2.24) is 0 Å². The summed E-state index contributed by atoms with van der Waals surface area (Å²) in [5.41, 5.74) is 15.4. The fraction of sp³-hybridized carbons (Fsp3) is 0.0476. The third kappa shape index (κ3) is 6.79. The minimum absolute atomic E-state index is 0.0138. The summed E-state index contributed by atoms with van der Waals surface area (Å²) < 4.78 is 0. The summed E-state index contributed by atoms with van der Waals surface area (Å²) in [7, 11) is 0. The molecule has 6 aromatic rings. The molecule has 228 valence electrons. The summed E-state index contributed by atoms with van der Waals surface area (Å²) in [6, 6.07) is 56.7. The molecular weight excluding hydrogens is 593 g/mol. The zero-order valence-corrected chi connectivity index (χ0v) is 26.8. The number of nitrogens with zero attached hydrogens (tertiary/aromatic N) is 1. The summed E-state index contributed by atoms with van der Waals surface area (Å²) in [5.74, 6) is 0.959. The van der Waals surface area contributed by atoms with Crippen LogP contribution in [0, 0.1) is 5.41 Å². The summed E-state index contributed by atoms with van der Waals surface area (Å²) in [6.07, 6.45) is 2.28. The van der Waals surface area contributed by atoms with E-state index >= 15 is 0 Å². The molecule has 0 aromatic heterocycles. The molecule has 6 aromatic carbocycles. The Bertz CT molecular complexity index is 2050. The minimum Gasteiger partial charge on any atom is -0.342 e. The number of nitrogens with one attached hydrogen (secondary N) is 1. The Hall–Kier alpha value is -5.33. The van der Waals surface area contributed by atoms with E-state index in [0.29, 0.717) is 5.04 Å². The van der Waals surface area contributed by atoms with Gasteiger partial charge in [-0.1, -0.05) is 158 Å². The fourth-order valence-corrected chi connectivity index (χ4v) is 6.91. The van der Waals surface area contributed by atoms with Crippen molar-refractivity contribution in [2.45, 2.75) is 11.4 Å². The number of quaternary nitrogens is 2. The Morgan fingerprint density at radius 2 is 1.13 bits per heavy atom. The van der Waals surface area contributed by atoms with Gasteiger partial charge in [0, 0.05) is 28.3 Å². The zero-order chi connectivity index (χ0) is 32.0. The van der Waals surface area contributed by atoms with Gasteiger partial charge in [-0.25, -0.2) is 0 Å². The maximum absolute atomic E-state index is 8.57. The van der Waals surface area contributed by atoms with Crippen LogP contribution in [-0.4, -0.2) is 10.9 Å². The zero-order valence-electron chi connectivity index (χ0n) is 26.0. The van der Waals surface area contributed by atoms with Gasteiger partial charge in [0.2, 0.25) is 5.84 Å². The molecule has 0 saturated heterocycles. The van der Waals surface area contributed by atoms with Gasteiger partial charge in [-0.05, 0) is 40.1 Å². The van der Waals surface area contributed by atoms with E-state index in [0.717, 1.165) is 39.3 Å². The third-order valence-corrected chi connectivity index (χ3v) is 9.51. The van der Waals surface area contributed by atoms with Crippen molar-refractivity contribution in [1.29, 1.82) is 5.41 Å². The van der Waals surface area contributed by atoms with E-state index in [9.17, 15) is 0 Å². The van der Waals surface area contributed by atoms with Crippen LogP contribution < -0.4 is 11.1 Å². The van der Waals surface area contributed by atoms with Gasteiger partial charge in [0.1, 0.15) is 11.1 Å². The molecule has 0 fully saturated rings. The molecule has 1 aliphatic heterocycles. The van der Waals surface area contributed by atoms with E-state index in [-0.39, 0.29) is 11.4 Å². The Morgan fingerprint density at radius 3 is 1.79 bits per heavy atom. The molecule has 1 aliphatic rings. The largest absolute Gasteiger partial charge is 0.342 e. The first-order valence-corrected chi connectivity index (χ1v) is 16.7. The monoisotopic (exact) mass is 628 g/mol. The van der Waals surface area contributed by atoms with E-state index in [1.54, 1.807) is 0 Å². The molecule has 0 amide bonds. The maximum Gasteiger partial charge on any atom is 0.233 e. The average Bonchev–Trinajstić information content (AvgIpc) is 3.15. The van der Waals surface area contributed by atoms with Crippen molar-refractivity contribution in [2.24, 2.45) is 4.99 Å². The van der Waals surface area contributed by atoms with Crippen LogP contribution in [-0.2, 0) is 0 Å². The van der Waals surface area contributed by atoms with E-state index in [2.05, 4.69) is 151 Å². The van der Waals surface area contributed by atoms with Crippen LogP contribution in [0.4, 0.5) is 0 Å². The van der Waals surface area contributed by atoms with Crippen molar-refractivity contribution < 1.29 is 11.1 Å². The molecule has 1 heterocycles. The van der Waals surface area contributed by atoms with Crippen LogP contribution in [0.25, 0.3) is 28.0 Å². The van der Waals surface area contributed by atoms with Crippen LogP contribution >= 0.6 is 11.8 Å². The Kier molecular flexibility index (Phi) is 9.02. The predicted molar refractivity (Wildman–Crippen MR) is 196 cm³/mol. The van der Waals surface area contributed by atoms with E-state index in [1.165, 1.54) is 34.0 Å². The van der Waals surface area contributed by atoms with Crippen molar-refractivity contribution in [3.63, 3.8) is 0 Å². The molecule has 0 radical (unpaired) electrons. The van der Waals surface area contributed by atoms with Gasteiger partial charge < -0.3 is 5.73 Å². The number of amidine groups is 1. The third-order valence-electron chi connectivity index (χ3n) is 8.48. The lowest BCUT2D eigenvalue weighted by Gasteiger charge is -2.23. The maximum atomic E-state index is 8.57. The number of nitrogens with two attached hydrogens (primary N) is 1. The molecule has 7 rings (SSSR count). The molecule has 6 N–H and O–H groups in total. The quantitative estimate of drug-likeness (QED) is 0.0888. The molecule has 2 unspecified atom stereocenters. The lowest BCUT2D eigenvalue weighted by atomic mass is 9.92. The first-order chi connectivity index (χ1) is 23.1. The van der Waals surface area contributed by atoms with Gasteiger partial charge in [-0.2, -0.15) is 4.99 Å². The summed E-state index contributed by atoms with van der Waals surface area (Å²) >= 11 is 1.47. The molecule has 5 heteroatoms. The smallest absolute Gasteiger partial charge is 0.233 e. The van der Waals surface area contributed by atoms with Crippen molar-refractivity contribution in [3.8, 4) is 22.3 Å². The molecule has 2 atom stereocenters. The van der Waals surface area contributed by atoms with Crippen molar-refractivity contribution in [2.75, 3.05) is 0 Å². The number of thioether (sulfide) groups is 1. The van der Waals surface area contributed by atoms with E-state index in [1.807, 2.05) is 30.3 Å². The first kappa shape index (κ1) is 30.3. The molecular formula is C42H36N4S+2. The SMILES string of the molecule is N=C(SC([NH3+])c1ccc(C2=CC(c3ccccc3-c3ccccc3)[NH2+]C(c3ccccc3-c3ccccc3)=N2)cc1)c1ccccc1. The van der Waals surface area contributed by atoms with Crippen LogP contribution in [0.1, 0.15) is 39.2 Å².